The van der Waals surface area contributed by atoms with Gasteiger partial charge in [-0.15, -0.1) is 0 Å². The molecular formula is C9H14ClN3O3S. The van der Waals surface area contributed by atoms with Crippen LogP contribution < -0.4 is 5.32 Å². The van der Waals surface area contributed by atoms with E-state index in [2.05, 4.69) is 15.5 Å². The standard InChI is InChI=1S/C9H14ClN3O3S/c1-5(2)4-11-9(14)7-8(17(10,15)16)6(3)12-13-7/h5H,4H2,1-3H3,(H,11,14)(H,12,13). The predicted octanol–water partition coefficient (Wildman–Crippen LogP) is 1.03. The van der Waals surface area contributed by atoms with Gasteiger partial charge in [0, 0.05) is 17.2 Å². The molecule has 17 heavy (non-hydrogen) atoms. The zero-order valence-corrected chi connectivity index (χ0v) is 11.3. The molecule has 0 radical (unpaired) electrons. The molecule has 0 aliphatic carbocycles. The molecule has 1 aromatic heterocycles. The fourth-order valence-electron chi connectivity index (χ4n) is 1.25. The van der Waals surface area contributed by atoms with Gasteiger partial charge in [-0.1, -0.05) is 13.8 Å². The van der Waals surface area contributed by atoms with Crippen molar-refractivity contribution in [1.29, 1.82) is 0 Å². The first-order chi connectivity index (χ1) is 7.73. The molecule has 0 unspecified atom stereocenters. The quantitative estimate of drug-likeness (QED) is 0.805. The number of halogens is 1. The number of amides is 1. The molecule has 2 N–H and O–H groups in total. The van der Waals surface area contributed by atoms with Crippen LogP contribution in [-0.2, 0) is 9.05 Å². The lowest BCUT2D eigenvalue weighted by molar-refractivity contribution is 0.0940. The van der Waals surface area contributed by atoms with Crippen molar-refractivity contribution in [3.8, 4) is 0 Å². The van der Waals surface area contributed by atoms with Gasteiger partial charge in [0.1, 0.15) is 4.90 Å². The van der Waals surface area contributed by atoms with Gasteiger partial charge >= 0.3 is 0 Å². The van der Waals surface area contributed by atoms with Crippen LogP contribution in [0.1, 0.15) is 30.0 Å². The van der Waals surface area contributed by atoms with Crippen LogP contribution in [0.3, 0.4) is 0 Å². The SMILES string of the molecule is Cc1[nH]nc(C(=O)NCC(C)C)c1S(=O)(=O)Cl. The van der Waals surface area contributed by atoms with Crippen molar-refractivity contribution in [1.82, 2.24) is 15.5 Å². The van der Waals surface area contributed by atoms with E-state index in [1.165, 1.54) is 6.92 Å². The fourth-order valence-corrected chi connectivity index (χ4v) is 2.60. The van der Waals surface area contributed by atoms with E-state index in [9.17, 15) is 13.2 Å². The Hall–Kier alpha value is -1.08. The smallest absolute Gasteiger partial charge is 0.273 e. The van der Waals surface area contributed by atoms with Crippen molar-refractivity contribution in [2.75, 3.05) is 6.54 Å². The van der Waals surface area contributed by atoms with E-state index in [0.29, 0.717) is 6.54 Å². The number of aromatic nitrogens is 2. The van der Waals surface area contributed by atoms with Crippen molar-refractivity contribution in [2.45, 2.75) is 25.7 Å². The van der Waals surface area contributed by atoms with Crippen LogP contribution in [0.4, 0.5) is 0 Å². The van der Waals surface area contributed by atoms with E-state index in [-0.39, 0.29) is 22.2 Å². The second-order valence-corrected chi connectivity index (χ2v) is 6.57. The molecule has 0 fully saturated rings. The third-order valence-corrected chi connectivity index (χ3v) is 3.47. The second-order valence-electron chi connectivity index (χ2n) is 4.07. The van der Waals surface area contributed by atoms with Crippen molar-refractivity contribution < 1.29 is 13.2 Å². The minimum absolute atomic E-state index is 0.196. The fraction of sp³-hybridized carbons (Fsp3) is 0.556. The number of carbonyl (C=O) groups excluding carboxylic acids is 1. The molecule has 1 heterocycles. The van der Waals surface area contributed by atoms with Gasteiger partial charge in [-0.3, -0.25) is 9.89 Å². The monoisotopic (exact) mass is 279 g/mol. The van der Waals surface area contributed by atoms with E-state index in [4.69, 9.17) is 10.7 Å². The number of aromatic amines is 1. The van der Waals surface area contributed by atoms with Crippen LogP contribution in [0, 0.1) is 12.8 Å². The maximum Gasteiger partial charge on any atom is 0.273 e. The summed E-state index contributed by atoms with van der Waals surface area (Å²) in [6, 6.07) is 0. The average Bonchev–Trinajstić information content (AvgIpc) is 2.55. The summed E-state index contributed by atoms with van der Waals surface area (Å²) in [6.45, 7) is 5.78. The van der Waals surface area contributed by atoms with Gasteiger partial charge in [0.05, 0.1) is 5.69 Å². The molecule has 0 atom stereocenters. The highest BCUT2D eigenvalue weighted by molar-refractivity contribution is 8.13. The van der Waals surface area contributed by atoms with Gasteiger partial charge in [0.15, 0.2) is 5.69 Å². The molecule has 0 aliphatic rings. The summed E-state index contributed by atoms with van der Waals surface area (Å²) < 4.78 is 22.6. The summed E-state index contributed by atoms with van der Waals surface area (Å²) in [7, 11) is 1.26. The molecule has 1 aromatic rings. The lowest BCUT2D eigenvalue weighted by atomic mass is 10.2. The van der Waals surface area contributed by atoms with E-state index in [1.54, 1.807) is 0 Å². The molecular weight excluding hydrogens is 266 g/mol. The highest BCUT2D eigenvalue weighted by Gasteiger charge is 2.26. The van der Waals surface area contributed by atoms with Gasteiger partial charge in [0.2, 0.25) is 0 Å². The van der Waals surface area contributed by atoms with Gasteiger partial charge in [-0.25, -0.2) is 8.42 Å². The van der Waals surface area contributed by atoms with Crippen LogP contribution >= 0.6 is 10.7 Å². The third kappa shape index (κ3) is 3.44. The van der Waals surface area contributed by atoms with E-state index >= 15 is 0 Å². The summed E-state index contributed by atoms with van der Waals surface area (Å²) in [5.41, 5.74) is 0.0489. The van der Waals surface area contributed by atoms with Crippen molar-refractivity contribution in [3.05, 3.63) is 11.4 Å². The van der Waals surface area contributed by atoms with Crippen molar-refractivity contribution >= 4 is 25.6 Å². The number of rotatable bonds is 4. The Bertz CT molecular complexity index is 522. The van der Waals surface area contributed by atoms with Gasteiger partial charge in [-0.05, 0) is 12.8 Å². The molecule has 0 bridgehead atoms. The number of nitrogens with one attached hydrogen (secondary N) is 2. The van der Waals surface area contributed by atoms with Gasteiger partial charge < -0.3 is 5.32 Å². The Morgan fingerprint density at radius 1 is 1.53 bits per heavy atom. The predicted molar refractivity (Wildman–Crippen MR) is 63.5 cm³/mol. The molecule has 6 nitrogen and oxygen atoms in total. The molecule has 0 spiro atoms. The molecule has 8 heteroatoms. The third-order valence-electron chi connectivity index (χ3n) is 2.02. The molecule has 1 rings (SSSR count). The topological polar surface area (TPSA) is 91.9 Å². The van der Waals surface area contributed by atoms with Gasteiger partial charge in [-0.2, -0.15) is 5.10 Å². The van der Waals surface area contributed by atoms with Crippen LogP contribution in [-0.4, -0.2) is 31.1 Å². The number of hydrogen-bond donors (Lipinski definition) is 2. The molecule has 0 aliphatic heterocycles. The highest BCUT2D eigenvalue weighted by Crippen LogP contribution is 2.21. The number of H-pyrrole nitrogens is 1. The zero-order chi connectivity index (χ0) is 13.2. The number of nitrogens with zero attached hydrogens (tertiary/aromatic N) is 1. The Balaban J connectivity index is 3.04. The second kappa shape index (κ2) is 5.05. The number of hydrogen-bond acceptors (Lipinski definition) is 4. The van der Waals surface area contributed by atoms with Crippen LogP contribution in [0.5, 0.6) is 0 Å². The maximum atomic E-state index is 11.7. The first kappa shape index (κ1) is 14.0. The first-order valence-electron chi connectivity index (χ1n) is 5.01. The van der Waals surface area contributed by atoms with Crippen LogP contribution in [0.15, 0.2) is 4.90 Å². The Morgan fingerprint density at radius 3 is 2.59 bits per heavy atom. The lowest BCUT2D eigenvalue weighted by Gasteiger charge is -2.06. The molecule has 0 aromatic carbocycles. The Labute approximate surface area is 104 Å². The molecule has 0 saturated heterocycles. The first-order valence-corrected chi connectivity index (χ1v) is 7.32. The number of carbonyl (C=O) groups is 1. The molecule has 1 amide bonds. The minimum atomic E-state index is -3.99. The van der Waals surface area contributed by atoms with Crippen LogP contribution in [0.2, 0.25) is 0 Å². The maximum absolute atomic E-state index is 11.7. The lowest BCUT2D eigenvalue weighted by Crippen LogP contribution is -2.28. The average molecular weight is 280 g/mol. The van der Waals surface area contributed by atoms with Crippen molar-refractivity contribution in [3.63, 3.8) is 0 Å². The summed E-state index contributed by atoms with van der Waals surface area (Å²) in [4.78, 5) is 11.4. The van der Waals surface area contributed by atoms with E-state index < -0.39 is 15.0 Å². The number of aryl methyl sites for hydroxylation is 1. The highest BCUT2D eigenvalue weighted by atomic mass is 35.7. The Morgan fingerprint density at radius 2 is 2.12 bits per heavy atom. The summed E-state index contributed by atoms with van der Waals surface area (Å²) in [6.07, 6.45) is 0. The summed E-state index contributed by atoms with van der Waals surface area (Å²) in [5, 5.41) is 8.68. The van der Waals surface area contributed by atoms with Crippen LogP contribution in [0.25, 0.3) is 0 Å². The van der Waals surface area contributed by atoms with Crippen molar-refractivity contribution in [2.24, 2.45) is 5.92 Å². The van der Waals surface area contributed by atoms with E-state index in [0.717, 1.165) is 0 Å². The summed E-state index contributed by atoms with van der Waals surface area (Å²) in [5.74, 6) is -0.294. The largest absolute Gasteiger partial charge is 0.350 e. The van der Waals surface area contributed by atoms with E-state index in [1.807, 2.05) is 13.8 Å². The Kier molecular flexibility index (Phi) is 4.16. The summed E-state index contributed by atoms with van der Waals surface area (Å²) >= 11 is 0. The minimum Gasteiger partial charge on any atom is -0.350 e. The molecule has 96 valence electrons. The zero-order valence-electron chi connectivity index (χ0n) is 9.74. The van der Waals surface area contributed by atoms with Gasteiger partial charge in [0.25, 0.3) is 15.0 Å². The normalized spacial score (nSPS) is 11.8. The molecule has 0 saturated carbocycles.